The SMILES string of the molecule is CC(C)c1nc(COc2ccc3c(c2)CCn2c-3cc(OCC3COCCO3)nc2=O)no1. The molecule has 0 spiro atoms. The lowest BCUT2D eigenvalue weighted by atomic mass is 9.97. The number of hydrogen-bond donors (Lipinski definition) is 0. The first kappa shape index (κ1) is 21.6. The van der Waals surface area contributed by atoms with Gasteiger partial charge in [-0.15, -0.1) is 0 Å². The average Bonchev–Trinajstić information content (AvgIpc) is 3.31. The predicted molar refractivity (Wildman–Crippen MR) is 116 cm³/mol. The number of aromatic nitrogens is 4. The van der Waals surface area contributed by atoms with Crippen LogP contribution in [0.1, 0.15) is 37.0 Å². The monoisotopic (exact) mass is 454 g/mol. The molecule has 0 N–H and O–H groups in total. The topological polar surface area (TPSA) is 111 Å². The van der Waals surface area contributed by atoms with Crippen LogP contribution in [0, 0.1) is 0 Å². The Morgan fingerprint density at radius 2 is 2.09 bits per heavy atom. The lowest BCUT2D eigenvalue weighted by molar-refractivity contribution is -0.102. The minimum atomic E-state index is -0.327. The molecule has 1 unspecified atom stereocenters. The van der Waals surface area contributed by atoms with Crippen molar-refractivity contribution < 1.29 is 23.5 Å². The molecule has 1 aromatic carbocycles. The summed E-state index contributed by atoms with van der Waals surface area (Å²) in [6, 6.07) is 7.61. The highest BCUT2D eigenvalue weighted by Crippen LogP contribution is 2.32. The van der Waals surface area contributed by atoms with Crippen molar-refractivity contribution in [3.05, 3.63) is 52.0 Å². The van der Waals surface area contributed by atoms with E-state index in [-0.39, 0.29) is 36.8 Å². The Hall–Kier alpha value is -3.24. The van der Waals surface area contributed by atoms with Gasteiger partial charge in [-0.1, -0.05) is 19.0 Å². The third kappa shape index (κ3) is 4.76. The minimum Gasteiger partial charge on any atom is -0.485 e. The zero-order valence-electron chi connectivity index (χ0n) is 18.7. The number of rotatable bonds is 7. The van der Waals surface area contributed by atoms with Crippen LogP contribution in [0.2, 0.25) is 0 Å². The molecule has 10 nitrogen and oxygen atoms in total. The fourth-order valence-corrected chi connectivity index (χ4v) is 3.87. The molecule has 3 aromatic rings. The maximum absolute atomic E-state index is 12.6. The minimum absolute atomic E-state index is 0.165. The van der Waals surface area contributed by atoms with Gasteiger partial charge in [0.2, 0.25) is 17.6 Å². The van der Waals surface area contributed by atoms with Gasteiger partial charge in [0.05, 0.1) is 25.5 Å². The molecule has 174 valence electrons. The summed E-state index contributed by atoms with van der Waals surface area (Å²) < 4.78 is 29.5. The van der Waals surface area contributed by atoms with E-state index in [1.165, 1.54) is 0 Å². The summed E-state index contributed by atoms with van der Waals surface area (Å²) in [5.41, 5.74) is 2.49. The zero-order chi connectivity index (χ0) is 22.8. The van der Waals surface area contributed by atoms with Gasteiger partial charge in [-0.3, -0.25) is 4.57 Å². The number of hydrogen-bond acceptors (Lipinski definition) is 9. The van der Waals surface area contributed by atoms with Crippen LogP contribution in [0.25, 0.3) is 11.3 Å². The van der Waals surface area contributed by atoms with E-state index in [4.69, 9.17) is 23.5 Å². The molecule has 0 bridgehead atoms. The summed E-state index contributed by atoms with van der Waals surface area (Å²) >= 11 is 0. The summed E-state index contributed by atoms with van der Waals surface area (Å²) in [4.78, 5) is 21.0. The maximum Gasteiger partial charge on any atom is 0.351 e. The average molecular weight is 454 g/mol. The van der Waals surface area contributed by atoms with Gasteiger partial charge < -0.3 is 23.5 Å². The van der Waals surface area contributed by atoms with Gasteiger partial charge in [0, 0.05) is 24.1 Å². The molecule has 2 aromatic heterocycles. The molecule has 33 heavy (non-hydrogen) atoms. The highest BCUT2D eigenvalue weighted by Gasteiger charge is 2.21. The fraction of sp³-hybridized carbons (Fsp3) is 0.478. The lowest BCUT2D eigenvalue weighted by Crippen LogP contribution is -2.34. The molecule has 1 atom stereocenters. The van der Waals surface area contributed by atoms with Crippen LogP contribution in [0.3, 0.4) is 0 Å². The van der Waals surface area contributed by atoms with E-state index in [9.17, 15) is 4.79 Å². The smallest absolute Gasteiger partial charge is 0.351 e. The fourth-order valence-electron chi connectivity index (χ4n) is 3.87. The molecule has 1 saturated heterocycles. The van der Waals surface area contributed by atoms with Crippen LogP contribution in [-0.2, 0) is 29.0 Å². The molecular weight excluding hydrogens is 428 g/mol. The summed E-state index contributed by atoms with van der Waals surface area (Å²) in [7, 11) is 0. The third-order valence-electron chi connectivity index (χ3n) is 5.59. The van der Waals surface area contributed by atoms with Crippen LogP contribution in [0.4, 0.5) is 0 Å². The lowest BCUT2D eigenvalue weighted by Gasteiger charge is -2.24. The quantitative estimate of drug-likeness (QED) is 0.531. The highest BCUT2D eigenvalue weighted by atomic mass is 16.6. The van der Waals surface area contributed by atoms with Crippen molar-refractivity contribution in [1.82, 2.24) is 19.7 Å². The summed E-state index contributed by atoms with van der Waals surface area (Å²) in [6.07, 6.45) is 0.538. The summed E-state index contributed by atoms with van der Waals surface area (Å²) in [5, 5.41) is 3.95. The van der Waals surface area contributed by atoms with Crippen LogP contribution in [0.15, 0.2) is 33.6 Å². The van der Waals surface area contributed by atoms with Crippen molar-refractivity contribution >= 4 is 0 Å². The van der Waals surface area contributed by atoms with E-state index in [0.29, 0.717) is 50.3 Å². The third-order valence-corrected chi connectivity index (χ3v) is 5.59. The molecule has 4 heterocycles. The van der Waals surface area contributed by atoms with Gasteiger partial charge in [-0.25, -0.2) is 4.79 Å². The Balaban J connectivity index is 1.31. The zero-order valence-corrected chi connectivity index (χ0v) is 18.7. The molecular formula is C23H26N4O6. The Bertz CT molecular complexity index is 1180. The summed E-state index contributed by atoms with van der Waals surface area (Å²) in [6.45, 7) is 6.63. The second-order valence-electron chi connectivity index (χ2n) is 8.35. The first-order valence-electron chi connectivity index (χ1n) is 11.1. The standard InChI is InChI=1S/C23H26N4O6/c1-14(2)22-24-20(26-33-22)13-31-16-3-4-18-15(9-16)5-6-27-19(18)10-21(25-23(27)28)32-12-17-11-29-7-8-30-17/h3-4,9-10,14,17H,5-8,11-13H2,1-2H3. The normalized spacial score (nSPS) is 17.5. The van der Waals surface area contributed by atoms with Gasteiger partial charge in [0.15, 0.2) is 6.61 Å². The van der Waals surface area contributed by atoms with Crippen LogP contribution in [0.5, 0.6) is 11.6 Å². The van der Waals surface area contributed by atoms with Gasteiger partial charge in [-0.05, 0) is 30.2 Å². The van der Waals surface area contributed by atoms with Crippen LogP contribution in [-0.4, -0.2) is 52.2 Å². The van der Waals surface area contributed by atoms with Gasteiger partial charge in [-0.2, -0.15) is 9.97 Å². The van der Waals surface area contributed by atoms with E-state index in [1.807, 2.05) is 32.0 Å². The molecule has 2 aliphatic rings. The second-order valence-corrected chi connectivity index (χ2v) is 8.35. The Morgan fingerprint density at radius 3 is 2.88 bits per heavy atom. The van der Waals surface area contributed by atoms with Gasteiger partial charge in [0.25, 0.3) is 0 Å². The first-order valence-corrected chi connectivity index (χ1v) is 11.1. The number of benzene rings is 1. The van der Waals surface area contributed by atoms with Crippen LogP contribution >= 0.6 is 0 Å². The van der Waals surface area contributed by atoms with Crippen molar-refractivity contribution in [3.63, 3.8) is 0 Å². The maximum atomic E-state index is 12.6. The van der Waals surface area contributed by atoms with Crippen molar-refractivity contribution in [1.29, 1.82) is 0 Å². The highest BCUT2D eigenvalue weighted by molar-refractivity contribution is 5.67. The van der Waals surface area contributed by atoms with E-state index in [1.54, 1.807) is 10.6 Å². The van der Waals surface area contributed by atoms with E-state index in [2.05, 4.69) is 15.1 Å². The largest absolute Gasteiger partial charge is 0.485 e. The van der Waals surface area contributed by atoms with E-state index < -0.39 is 0 Å². The molecule has 2 aliphatic heterocycles. The number of fused-ring (bicyclic) bond motifs is 3. The first-order chi connectivity index (χ1) is 16.1. The molecule has 1 fully saturated rings. The Labute approximate surface area is 190 Å². The molecule has 10 heteroatoms. The van der Waals surface area contributed by atoms with E-state index in [0.717, 1.165) is 16.8 Å². The molecule has 0 saturated carbocycles. The number of ether oxygens (including phenoxy) is 4. The Kier molecular flexibility index (Phi) is 6.10. The Morgan fingerprint density at radius 1 is 1.18 bits per heavy atom. The van der Waals surface area contributed by atoms with Crippen molar-refractivity contribution in [2.24, 2.45) is 0 Å². The predicted octanol–water partition coefficient (Wildman–Crippen LogP) is 2.35. The van der Waals surface area contributed by atoms with Crippen molar-refractivity contribution in [2.75, 3.05) is 26.4 Å². The second kappa shape index (κ2) is 9.32. The molecule has 0 aliphatic carbocycles. The molecule has 0 amide bonds. The van der Waals surface area contributed by atoms with Crippen molar-refractivity contribution in [2.45, 2.75) is 45.4 Å². The van der Waals surface area contributed by atoms with Gasteiger partial charge >= 0.3 is 5.69 Å². The van der Waals surface area contributed by atoms with E-state index >= 15 is 0 Å². The molecule has 5 rings (SSSR count). The van der Waals surface area contributed by atoms with Crippen molar-refractivity contribution in [3.8, 4) is 22.9 Å². The molecule has 0 radical (unpaired) electrons. The van der Waals surface area contributed by atoms with Crippen LogP contribution < -0.4 is 15.2 Å². The number of nitrogens with zero attached hydrogens (tertiary/aromatic N) is 4. The van der Waals surface area contributed by atoms with Gasteiger partial charge in [0.1, 0.15) is 18.5 Å². The summed E-state index contributed by atoms with van der Waals surface area (Å²) in [5.74, 6) is 2.27. The number of aryl methyl sites for hydroxylation is 1.